The quantitative estimate of drug-likeness (QED) is 0.834. The number of aryl methyl sites for hydroxylation is 1. The second kappa shape index (κ2) is 6.89. The fourth-order valence-corrected chi connectivity index (χ4v) is 4.33. The average molecular weight is 339 g/mol. The SMILES string of the molecule is CCOc1nnc(CN2CCN(c3nc(C)cs3)C(C)C2)s1. The third-order valence-electron chi connectivity index (χ3n) is 3.64. The number of rotatable bonds is 5. The molecule has 0 aliphatic carbocycles. The van der Waals surface area contributed by atoms with Crippen LogP contribution in [-0.2, 0) is 6.54 Å². The molecular weight excluding hydrogens is 318 g/mol. The zero-order valence-corrected chi connectivity index (χ0v) is 14.8. The molecule has 22 heavy (non-hydrogen) atoms. The van der Waals surface area contributed by atoms with Gasteiger partial charge in [0.2, 0.25) is 0 Å². The number of aromatic nitrogens is 3. The highest BCUT2D eigenvalue weighted by molar-refractivity contribution is 7.13. The van der Waals surface area contributed by atoms with Gasteiger partial charge in [-0.1, -0.05) is 11.3 Å². The predicted molar refractivity (Wildman–Crippen MR) is 90.0 cm³/mol. The summed E-state index contributed by atoms with van der Waals surface area (Å²) in [4.78, 5) is 9.44. The molecule has 0 saturated carbocycles. The molecule has 0 radical (unpaired) electrons. The van der Waals surface area contributed by atoms with Gasteiger partial charge in [-0.05, 0) is 20.8 Å². The van der Waals surface area contributed by atoms with Crippen LogP contribution in [0.15, 0.2) is 5.38 Å². The van der Waals surface area contributed by atoms with Crippen LogP contribution in [0.3, 0.4) is 0 Å². The van der Waals surface area contributed by atoms with E-state index in [-0.39, 0.29) is 0 Å². The Bertz CT molecular complexity index is 614. The lowest BCUT2D eigenvalue weighted by molar-refractivity contribution is 0.220. The van der Waals surface area contributed by atoms with Crippen LogP contribution in [0.4, 0.5) is 5.13 Å². The van der Waals surface area contributed by atoms with Crippen molar-refractivity contribution in [3.63, 3.8) is 0 Å². The summed E-state index contributed by atoms with van der Waals surface area (Å²) in [6, 6.07) is 0.457. The van der Waals surface area contributed by atoms with Crippen LogP contribution < -0.4 is 9.64 Å². The van der Waals surface area contributed by atoms with Crippen molar-refractivity contribution in [3.05, 3.63) is 16.1 Å². The number of thiazole rings is 1. The van der Waals surface area contributed by atoms with Crippen LogP contribution in [0.5, 0.6) is 5.19 Å². The summed E-state index contributed by atoms with van der Waals surface area (Å²) in [7, 11) is 0. The number of hydrogen-bond donors (Lipinski definition) is 0. The van der Waals surface area contributed by atoms with E-state index in [1.165, 1.54) is 0 Å². The molecule has 8 heteroatoms. The molecule has 2 aromatic rings. The largest absolute Gasteiger partial charge is 0.469 e. The summed E-state index contributed by atoms with van der Waals surface area (Å²) < 4.78 is 5.39. The van der Waals surface area contributed by atoms with E-state index in [1.54, 1.807) is 22.7 Å². The second-order valence-corrected chi connectivity index (χ2v) is 7.30. The Labute approximate surface area is 138 Å². The van der Waals surface area contributed by atoms with Crippen molar-refractivity contribution < 1.29 is 4.74 Å². The summed E-state index contributed by atoms with van der Waals surface area (Å²) in [6.07, 6.45) is 0. The highest BCUT2D eigenvalue weighted by Crippen LogP contribution is 2.26. The molecule has 0 aromatic carbocycles. The van der Waals surface area contributed by atoms with E-state index in [4.69, 9.17) is 4.74 Å². The summed E-state index contributed by atoms with van der Waals surface area (Å²) in [5.74, 6) is 0. The molecule has 1 saturated heterocycles. The van der Waals surface area contributed by atoms with Crippen molar-refractivity contribution in [3.8, 4) is 5.19 Å². The topological polar surface area (TPSA) is 54.4 Å². The van der Waals surface area contributed by atoms with Crippen LogP contribution in [0, 0.1) is 6.92 Å². The Morgan fingerprint density at radius 1 is 1.36 bits per heavy atom. The van der Waals surface area contributed by atoms with Crippen LogP contribution in [0.2, 0.25) is 0 Å². The van der Waals surface area contributed by atoms with Gasteiger partial charge in [-0.3, -0.25) is 4.90 Å². The van der Waals surface area contributed by atoms with Crippen LogP contribution in [0.25, 0.3) is 0 Å². The van der Waals surface area contributed by atoms with Gasteiger partial charge in [0.05, 0.1) is 18.8 Å². The molecule has 6 nitrogen and oxygen atoms in total. The van der Waals surface area contributed by atoms with E-state index >= 15 is 0 Å². The van der Waals surface area contributed by atoms with Gasteiger partial charge in [0.1, 0.15) is 5.01 Å². The maximum atomic E-state index is 5.39. The number of hydrogen-bond acceptors (Lipinski definition) is 8. The lowest BCUT2D eigenvalue weighted by atomic mass is 10.2. The molecule has 120 valence electrons. The summed E-state index contributed by atoms with van der Waals surface area (Å²) >= 11 is 3.28. The molecule has 0 N–H and O–H groups in total. The third-order valence-corrected chi connectivity index (χ3v) is 5.46. The Kier molecular flexibility index (Phi) is 4.90. The number of ether oxygens (including phenoxy) is 1. The van der Waals surface area contributed by atoms with Gasteiger partial charge in [-0.2, -0.15) is 0 Å². The van der Waals surface area contributed by atoms with Gasteiger partial charge >= 0.3 is 0 Å². The maximum Gasteiger partial charge on any atom is 0.294 e. The van der Waals surface area contributed by atoms with Crippen molar-refractivity contribution in [1.82, 2.24) is 20.1 Å². The highest BCUT2D eigenvalue weighted by Gasteiger charge is 2.26. The number of anilines is 1. The fraction of sp³-hybridized carbons (Fsp3) is 0.643. The summed E-state index contributed by atoms with van der Waals surface area (Å²) in [5.41, 5.74) is 1.10. The van der Waals surface area contributed by atoms with Crippen LogP contribution >= 0.6 is 22.7 Å². The minimum absolute atomic E-state index is 0.457. The van der Waals surface area contributed by atoms with E-state index in [2.05, 4.69) is 37.3 Å². The molecule has 1 aliphatic heterocycles. The molecule has 2 aromatic heterocycles. The molecule has 1 fully saturated rings. The lowest BCUT2D eigenvalue weighted by Crippen LogP contribution is -2.51. The Morgan fingerprint density at radius 3 is 2.91 bits per heavy atom. The zero-order valence-electron chi connectivity index (χ0n) is 13.2. The van der Waals surface area contributed by atoms with Gasteiger partial charge in [-0.25, -0.2) is 4.98 Å². The van der Waals surface area contributed by atoms with E-state index < -0.39 is 0 Å². The first-order valence-corrected chi connectivity index (χ1v) is 9.21. The summed E-state index contributed by atoms with van der Waals surface area (Å²) in [6.45, 7) is 10.8. The minimum atomic E-state index is 0.457. The Hall–Kier alpha value is -1.25. The monoisotopic (exact) mass is 339 g/mol. The normalized spacial score (nSPS) is 19.6. The molecule has 3 heterocycles. The average Bonchev–Trinajstić information content (AvgIpc) is 3.09. The molecule has 0 bridgehead atoms. The van der Waals surface area contributed by atoms with Crippen molar-refractivity contribution in [2.45, 2.75) is 33.4 Å². The predicted octanol–water partition coefficient (Wildman–Crippen LogP) is 2.41. The van der Waals surface area contributed by atoms with Crippen LogP contribution in [-0.4, -0.2) is 52.4 Å². The first kappa shape index (κ1) is 15.6. The van der Waals surface area contributed by atoms with Gasteiger partial charge < -0.3 is 9.64 Å². The van der Waals surface area contributed by atoms with Crippen LogP contribution in [0.1, 0.15) is 24.5 Å². The third kappa shape index (κ3) is 3.56. The Morgan fingerprint density at radius 2 is 2.23 bits per heavy atom. The van der Waals surface area contributed by atoms with Crippen molar-refractivity contribution >= 4 is 27.8 Å². The maximum absolute atomic E-state index is 5.39. The number of piperazine rings is 1. The molecule has 1 atom stereocenters. The first-order valence-electron chi connectivity index (χ1n) is 7.52. The molecule has 0 spiro atoms. The molecule has 3 rings (SSSR count). The Balaban J connectivity index is 1.57. The van der Waals surface area contributed by atoms with Gasteiger partial charge in [0.15, 0.2) is 5.13 Å². The lowest BCUT2D eigenvalue weighted by Gasteiger charge is -2.39. The molecular formula is C14H21N5OS2. The van der Waals surface area contributed by atoms with Crippen molar-refractivity contribution in [2.24, 2.45) is 0 Å². The zero-order chi connectivity index (χ0) is 15.5. The fourth-order valence-electron chi connectivity index (χ4n) is 2.61. The molecule has 1 aliphatic rings. The smallest absolute Gasteiger partial charge is 0.294 e. The minimum Gasteiger partial charge on any atom is -0.469 e. The van der Waals surface area contributed by atoms with Crippen molar-refractivity contribution in [2.75, 3.05) is 31.1 Å². The highest BCUT2D eigenvalue weighted by atomic mass is 32.1. The van der Waals surface area contributed by atoms with E-state index in [0.29, 0.717) is 17.8 Å². The van der Waals surface area contributed by atoms with E-state index in [1.807, 2.05) is 13.8 Å². The summed E-state index contributed by atoms with van der Waals surface area (Å²) in [5, 5.41) is 13.2. The molecule has 0 amide bonds. The van der Waals surface area contributed by atoms with Gasteiger partial charge in [0, 0.05) is 31.1 Å². The van der Waals surface area contributed by atoms with E-state index in [0.717, 1.165) is 42.0 Å². The number of nitrogens with zero attached hydrogens (tertiary/aromatic N) is 5. The first-order chi connectivity index (χ1) is 10.7. The molecule has 1 unspecified atom stereocenters. The standard InChI is InChI=1S/C14H21N5OS2/c1-4-20-14-17-16-12(22-14)8-18-5-6-19(11(3)7-18)13-15-10(2)9-21-13/h9,11H,4-8H2,1-3H3. The van der Waals surface area contributed by atoms with Crippen molar-refractivity contribution in [1.29, 1.82) is 0 Å². The van der Waals surface area contributed by atoms with E-state index in [9.17, 15) is 0 Å². The van der Waals surface area contributed by atoms with Gasteiger partial charge in [0.25, 0.3) is 5.19 Å². The second-order valence-electron chi connectivity index (χ2n) is 5.44. The van der Waals surface area contributed by atoms with Gasteiger partial charge in [-0.15, -0.1) is 21.5 Å².